The van der Waals surface area contributed by atoms with Gasteiger partial charge < -0.3 is 5.32 Å². The van der Waals surface area contributed by atoms with E-state index in [1.807, 2.05) is 0 Å². The molecule has 0 heterocycles. The molecule has 1 N–H and O–H groups in total. The maximum atomic E-state index is 13.3. The molecule has 1 aliphatic carbocycles. The van der Waals surface area contributed by atoms with Crippen molar-refractivity contribution in [3.8, 4) is 0 Å². The quantitative estimate of drug-likeness (QED) is 0.121. The zero-order valence-electron chi connectivity index (χ0n) is 15.6. The lowest BCUT2D eigenvalue weighted by Crippen LogP contribution is -2.20. The third-order valence-corrected chi connectivity index (χ3v) is 4.27. The maximum Gasteiger partial charge on any atom is 0.389 e. The van der Waals surface area contributed by atoms with E-state index >= 15 is 0 Å². The molecule has 0 fully saturated rings. The van der Waals surface area contributed by atoms with E-state index in [1.54, 1.807) is 0 Å². The van der Waals surface area contributed by atoms with Crippen LogP contribution in [0.3, 0.4) is 0 Å². The largest absolute Gasteiger partial charge is 0.389 e. The van der Waals surface area contributed by atoms with Crippen LogP contribution in [0.2, 0.25) is 0 Å². The minimum Gasteiger partial charge on any atom is -0.316 e. The van der Waals surface area contributed by atoms with Crippen molar-refractivity contribution in [1.82, 2.24) is 5.32 Å². The zero-order chi connectivity index (χ0) is 22.2. The van der Waals surface area contributed by atoms with Crippen molar-refractivity contribution in [3.63, 3.8) is 0 Å². The minimum atomic E-state index is -4.50. The lowest BCUT2D eigenvalue weighted by Gasteiger charge is -2.18. The Morgan fingerprint density at radius 2 is 1.93 bits per heavy atom. The van der Waals surface area contributed by atoms with E-state index in [2.05, 4.69) is 17.0 Å². The van der Waals surface area contributed by atoms with Gasteiger partial charge in [-0.3, -0.25) is 4.79 Å². The number of halogens is 7. The van der Waals surface area contributed by atoms with Crippen LogP contribution in [-0.4, -0.2) is 45.4 Å². The first-order chi connectivity index (χ1) is 13.6. The van der Waals surface area contributed by atoms with Crippen LogP contribution in [0.15, 0.2) is 52.0 Å². The summed E-state index contributed by atoms with van der Waals surface area (Å²) in [6.07, 6.45) is -5.50. The molecule has 0 spiro atoms. The van der Waals surface area contributed by atoms with Gasteiger partial charge in [0, 0.05) is 24.5 Å². The van der Waals surface area contributed by atoms with Gasteiger partial charge in [-0.1, -0.05) is 12.2 Å². The van der Waals surface area contributed by atoms with E-state index in [0.717, 1.165) is 6.08 Å². The van der Waals surface area contributed by atoms with Crippen molar-refractivity contribution in [1.29, 1.82) is 0 Å². The Hall–Kier alpha value is -2.23. The highest BCUT2D eigenvalue weighted by Gasteiger charge is 2.47. The molecule has 1 rings (SSSR count). The van der Waals surface area contributed by atoms with Crippen molar-refractivity contribution in [2.24, 2.45) is 16.8 Å². The lowest BCUT2D eigenvalue weighted by molar-refractivity contribution is -0.145. The first-order valence-corrected chi connectivity index (χ1v) is 8.59. The number of nitrogens with one attached hydrogen (secondary N) is 1. The Morgan fingerprint density at radius 3 is 2.41 bits per heavy atom. The van der Waals surface area contributed by atoms with Crippen LogP contribution in [0.25, 0.3) is 0 Å². The van der Waals surface area contributed by atoms with Gasteiger partial charge in [0.25, 0.3) is 6.43 Å². The third kappa shape index (κ3) is 7.60. The highest BCUT2D eigenvalue weighted by Crippen LogP contribution is 2.49. The van der Waals surface area contributed by atoms with Crippen LogP contribution >= 0.6 is 0 Å². The molecule has 29 heavy (non-hydrogen) atoms. The first kappa shape index (κ1) is 24.8. The maximum absolute atomic E-state index is 13.3. The molecular formula is C19H21F7N2O. The van der Waals surface area contributed by atoms with Gasteiger partial charge in [-0.2, -0.15) is 17.6 Å². The number of nitrogens with zero attached hydrogens (tertiary/aromatic N) is 1. The van der Waals surface area contributed by atoms with Crippen molar-refractivity contribution in [3.05, 3.63) is 47.0 Å². The molecule has 0 aromatic carbocycles. The van der Waals surface area contributed by atoms with Crippen LogP contribution in [-0.2, 0) is 4.79 Å². The van der Waals surface area contributed by atoms with E-state index in [4.69, 9.17) is 0 Å². The van der Waals surface area contributed by atoms with Gasteiger partial charge in [-0.15, -0.1) is 0 Å². The number of aliphatic imine (C=N–C) groups is 1. The van der Waals surface area contributed by atoms with Crippen LogP contribution in [0.5, 0.6) is 0 Å². The second kappa shape index (κ2) is 11.1. The Kier molecular flexibility index (Phi) is 9.48. The monoisotopic (exact) mass is 426 g/mol. The van der Waals surface area contributed by atoms with E-state index in [0.29, 0.717) is 17.7 Å². The number of rotatable bonds is 12. The van der Waals surface area contributed by atoms with Crippen molar-refractivity contribution in [2.45, 2.75) is 25.4 Å². The summed E-state index contributed by atoms with van der Waals surface area (Å²) < 4.78 is 90.0. The zero-order valence-corrected chi connectivity index (χ0v) is 15.6. The molecule has 3 nitrogen and oxygen atoms in total. The Morgan fingerprint density at radius 1 is 1.28 bits per heavy atom. The minimum absolute atomic E-state index is 0.0547. The normalized spacial score (nSPS) is 19.3. The van der Waals surface area contributed by atoms with Gasteiger partial charge in [-0.05, 0) is 43.8 Å². The number of allylic oxidation sites excluding steroid dienone is 6. The number of hydrogen-bond acceptors (Lipinski definition) is 3. The molecule has 0 aromatic rings. The second-order valence-electron chi connectivity index (χ2n) is 6.29. The molecule has 0 radical (unpaired) electrons. The molecule has 1 aliphatic rings. The van der Waals surface area contributed by atoms with E-state index in [1.165, 1.54) is 13.1 Å². The number of likely N-dealkylation sites (N-methyl/N-ethyl adjacent to an activating group) is 1. The van der Waals surface area contributed by atoms with Gasteiger partial charge in [-0.25, -0.2) is 18.2 Å². The standard InChI is InChI=1S/C19H21F7N2O/c1-27-10-13-15(11(5-3-4-8-20)9-19(24,25)26)16(13)14(29)7-6-12(17(21)22)18(23)28-2/h3-4,6-7,11,15,17,27H,2,5,8-10H2,1H3/b4-3-,7-6-,18-12+. The summed E-state index contributed by atoms with van der Waals surface area (Å²) in [5.74, 6) is -4.21. The van der Waals surface area contributed by atoms with Gasteiger partial charge >= 0.3 is 6.18 Å². The van der Waals surface area contributed by atoms with Gasteiger partial charge in [0.05, 0.1) is 5.57 Å². The summed E-state index contributed by atoms with van der Waals surface area (Å²) in [4.78, 5) is 15.1. The number of hydrogen-bond donors (Lipinski definition) is 1. The average Bonchev–Trinajstić information content (AvgIpc) is 3.33. The third-order valence-electron chi connectivity index (χ3n) is 4.27. The SMILES string of the molecule is C=N/C(F)=C(\C=C/C(=O)C1=C(CNC)C1C(C/C=C\CF)CC(F)(F)F)C(F)F. The molecule has 2 atom stereocenters. The molecule has 0 aromatic heterocycles. The molecular weight excluding hydrogens is 405 g/mol. The summed E-state index contributed by atoms with van der Waals surface area (Å²) in [6.45, 7) is 2.08. The summed E-state index contributed by atoms with van der Waals surface area (Å²) in [5.41, 5.74) is -0.687. The van der Waals surface area contributed by atoms with Gasteiger partial charge in [0.2, 0.25) is 5.95 Å². The Balaban J connectivity index is 3.09. The van der Waals surface area contributed by atoms with E-state index in [9.17, 15) is 35.5 Å². The first-order valence-electron chi connectivity index (χ1n) is 8.59. The molecule has 0 saturated carbocycles. The Bertz CT molecular complexity index is 721. The Labute approximate surface area is 163 Å². The number of ketones is 1. The molecule has 0 bridgehead atoms. The molecule has 162 valence electrons. The second-order valence-corrected chi connectivity index (χ2v) is 6.29. The lowest BCUT2D eigenvalue weighted by atomic mass is 9.90. The van der Waals surface area contributed by atoms with Crippen LogP contribution in [0.4, 0.5) is 30.7 Å². The molecule has 0 saturated heterocycles. The highest BCUT2D eigenvalue weighted by atomic mass is 19.4. The summed E-state index contributed by atoms with van der Waals surface area (Å²) in [6, 6.07) is 0. The number of alkyl halides is 6. The van der Waals surface area contributed by atoms with E-state index < -0.39 is 54.8 Å². The van der Waals surface area contributed by atoms with Gasteiger partial charge in [0.15, 0.2) is 5.78 Å². The van der Waals surface area contributed by atoms with E-state index in [-0.39, 0.29) is 18.5 Å². The number of carbonyl (C=O) groups excluding carboxylic acids is 1. The smallest absolute Gasteiger partial charge is 0.316 e. The van der Waals surface area contributed by atoms with Crippen molar-refractivity contribution < 1.29 is 35.5 Å². The fraction of sp³-hybridized carbons (Fsp3) is 0.474. The van der Waals surface area contributed by atoms with Crippen molar-refractivity contribution >= 4 is 12.5 Å². The fourth-order valence-electron chi connectivity index (χ4n) is 3.06. The summed E-state index contributed by atoms with van der Waals surface area (Å²) in [5, 5.41) is 2.73. The molecule has 2 unspecified atom stereocenters. The number of carbonyl (C=O) groups is 1. The van der Waals surface area contributed by atoms with Crippen LogP contribution in [0, 0.1) is 11.8 Å². The molecule has 0 aliphatic heterocycles. The average molecular weight is 426 g/mol. The summed E-state index contributed by atoms with van der Waals surface area (Å²) in [7, 11) is 1.53. The predicted octanol–water partition coefficient (Wildman–Crippen LogP) is 4.89. The highest BCUT2D eigenvalue weighted by molar-refractivity contribution is 6.09. The van der Waals surface area contributed by atoms with Crippen LogP contribution in [0.1, 0.15) is 12.8 Å². The topological polar surface area (TPSA) is 41.5 Å². The van der Waals surface area contributed by atoms with Gasteiger partial charge in [0.1, 0.15) is 6.67 Å². The predicted molar refractivity (Wildman–Crippen MR) is 96.2 cm³/mol. The summed E-state index contributed by atoms with van der Waals surface area (Å²) >= 11 is 0. The van der Waals surface area contributed by atoms with Crippen molar-refractivity contribution in [2.75, 3.05) is 20.3 Å². The molecule has 0 amide bonds. The van der Waals surface area contributed by atoms with Crippen LogP contribution < -0.4 is 5.32 Å². The fourth-order valence-corrected chi connectivity index (χ4v) is 3.06. The molecule has 10 heteroatoms.